The first kappa shape index (κ1) is 16.4. The van der Waals surface area contributed by atoms with Crippen LogP contribution in [0.15, 0.2) is 30.3 Å². The number of hydrogen-bond acceptors (Lipinski definition) is 4. The maximum Gasteiger partial charge on any atom is 0.326 e. The molecule has 0 saturated heterocycles. The van der Waals surface area contributed by atoms with Crippen molar-refractivity contribution in [1.82, 2.24) is 5.32 Å². The zero-order valence-corrected chi connectivity index (χ0v) is 13.0. The molecular formula is C17H20N2O5. The van der Waals surface area contributed by atoms with E-state index in [0.29, 0.717) is 12.8 Å². The molecule has 0 spiro atoms. The van der Waals surface area contributed by atoms with Crippen molar-refractivity contribution < 1.29 is 24.6 Å². The number of nitrogens with one attached hydrogen (secondary N) is 1. The number of hydrogen-bond donors (Lipinski definition) is 4. The van der Waals surface area contributed by atoms with E-state index in [1.807, 2.05) is 6.07 Å². The van der Waals surface area contributed by atoms with Crippen LogP contribution in [0.4, 0.5) is 0 Å². The van der Waals surface area contributed by atoms with Crippen molar-refractivity contribution in [3.63, 3.8) is 0 Å². The zero-order valence-electron chi connectivity index (χ0n) is 13.0. The van der Waals surface area contributed by atoms with Crippen molar-refractivity contribution >= 4 is 17.8 Å². The van der Waals surface area contributed by atoms with Crippen LogP contribution in [0.1, 0.15) is 18.4 Å². The lowest BCUT2D eigenvalue weighted by Crippen LogP contribution is -2.58. The first-order chi connectivity index (χ1) is 11.3. The van der Waals surface area contributed by atoms with E-state index in [1.54, 1.807) is 24.3 Å². The highest BCUT2D eigenvalue weighted by Crippen LogP contribution is 2.61. The molecule has 5 N–H and O–H groups in total. The molecule has 7 heteroatoms. The van der Waals surface area contributed by atoms with Gasteiger partial charge in [-0.05, 0) is 24.3 Å². The third-order valence-electron chi connectivity index (χ3n) is 5.25. The van der Waals surface area contributed by atoms with Gasteiger partial charge in [0.05, 0.1) is 11.5 Å². The highest BCUT2D eigenvalue weighted by molar-refractivity contribution is 5.93. The van der Waals surface area contributed by atoms with E-state index in [0.717, 1.165) is 5.56 Å². The molecule has 1 amide bonds. The molecule has 1 unspecified atom stereocenters. The van der Waals surface area contributed by atoms with Crippen LogP contribution >= 0.6 is 0 Å². The van der Waals surface area contributed by atoms with Gasteiger partial charge in [0.2, 0.25) is 5.91 Å². The summed E-state index contributed by atoms with van der Waals surface area (Å²) in [5.41, 5.74) is 5.68. The summed E-state index contributed by atoms with van der Waals surface area (Å²) in [5, 5.41) is 21.0. The maximum absolute atomic E-state index is 12.6. The Labute approximate surface area is 138 Å². The standard InChI is InChI=1S/C17H20N2O5/c18-17(7-6-10-12(13(10)17)15(22)23)16(24)19-11(14(20)21)8-9-4-2-1-3-5-9/h1-5,10-13H,6-8,18H2,(H,19,24)(H,20,21)(H,22,23)/t10-,11?,12-,13-,17-/m0/s1. The monoisotopic (exact) mass is 332 g/mol. The molecule has 0 bridgehead atoms. The van der Waals surface area contributed by atoms with Gasteiger partial charge in [0.25, 0.3) is 0 Å². The lowest BCUT2D eigenvalue weighted by atomic mass is 9.90. The van der Waals surface area contributed by atoms with Gasteiger partial charge >= 0.3 is 11.9 Å². The Morgan fingerprint density at radius 2 is 1.92 bits per heavy atom. The molecule has 2 aliphatic rings. The molecule has 0 aromatic heterocycles. The second-order valence-electron chi connectivity index (χ2n) is 6.69. The normalized spacial score (nSPS) is 31.8. The molecule has 0 aliphatic heterocycles. The SMILES string of the molecule is N[C@@]1(C(=O)NC(Cc2ccccc2)C(=O)O)CC[C@H]2[C@H](C(=O)O)[C@H]21. The minimum atomic E-state index is -1.29. The van der Waals surface area contributed by atoms with Crippen LogP contribution in [0.3, 0.4) is 0 Å². The van der Waals surface area contributed by atoms with Crippen LogP contribution in [0, 0.1) is 17.8 Å². The minimum Gasteiger partial charge on any atom is -0.481 e. The third-order valence-corrected chi connectivity index (χ3v) is 5.25. The summed E-state index contributed by atoms with van der Waals surface area (Å²) in [4.78, 5) is 35.2. The highest BCUT2D eigenvalue weighted by Gasteiger charge is 2.69. The lowest BCUT2D eigenvalue weighted by molar-refractivity contribution is -0.143. The number of aliphatic carboxylic acids is 2. The fourth-order valence-corrected chi connectivity index (χ4v) is 3.95. The van der Waals surface area contributed by atoms with E-state index in [1.165, 1.54) is 0 Å². The van der Waals surface area contributed by atoms with Crippen molar-refractivity contribution in [3.8, 4) is 0 Å². The fourth-order valence-electron chi connectivity index (χ4n) is 3.95. The lowest BCUT2D eigenvalue weighted by Gasteiger charge is -2.27. The smallest absolute Gasteiger partial charge is 0.326 e. The van der Waals surface area contributed by atoms with E-state index in [2.05, 4.69) is 5.32 Å². The fraction of sp³-hybridized carbons (Fsp3) is 0.471. The van der Waals surface area contributed by atoms with Crippen LogP contribution in [0.2, 0.25) is 0 Å². The van der Waals surface area contributed by atoms with E-state index in [-0.39, 0.29) is 12.3 Å². The number of amides is 1. The summed E-state index contributed by atoms with van der Waals surface area (Å²) in [6, 6.07) is 7.89. The van der Waals surface area contributed by atoms with Gasteiger partial charge in [-0.3, -0.25) is 9.59 Å². The van der Waals surface area contributed by atoms with Crippen LogP contribution in [-0.4, -0.2) is 39.6 Å². The molecule has 5 atom stereocenters. The predicted octanol–water partition coefficient (Wildman–Crippen LogP) is 0.237. The van der Waals surface area contributed by atoms with Gasteiger partial charge in [0.1, 0.15) is 6.04 Å². The molecule has 3 rings (SSSR count). The molecule has 2 fully saturated rings. The van der Waals surface area contributed by atoms with Crippen LogP contribution in [0.5, 0.6) is 0 Å². The van der Waals surface area contributed by atoms with E-state index in [9.17, 15) is 19.5 Å². The first-order valence-corrected chi connectivity index (χ1v) is 7.94. The molecule has 24 heavy (non-hydrogen) atoms. The molecule has 1 aromatic rings. The van der Waals surface area contributed by atoms with E-state index >= 15 is 0 Å². The molecule has 2 saturated carbocycles. The van der Waals surface area contributed by atoms with Crippen molar-refractivity contribution in [2.24, 2.45) is 23.5 Å². The van der Waals surface area contributed by atoms with Gasteiger partial charge in [-0.25, -0.2) is 4.79 Å². The van der Waals surface area contributed by atoms with Crippen LogP contribution in [0.25, 0.3) is 0 Å². The number of nitrogens with two attached hydrogens (primary N) is 1. The van der Waals surface area contributed by atoms with Crippen molar-refractivity contribution in [2.45, 2.75) is 30.8 Å². The molecule has 7 nitrogen and oxygen atoms in total. The maximum atomic E-state index is 12.6. The summed E-state index contributed by atoms with van der Waals surface area (Å²) in [6.45, 7) is 0. The summed E-state index contributed by atoms with van der Waals surface area (Å²) in [5.74, 6) is -3.71. The second kappa shape index (κ2) is 5.90. The van der Waals surface area contributed by atoms with Gasteiger partial charge in [0.15, 0.2) is 0 Å². The Balaban J connectivity index is 1.70. The van der Waals surface area contributed by atoms with Gasteiger partial charge in [-0.2, -0.15) is 0 Å². The third kappa shape index (κ3) is 2.75. The van der Waals surface area contributed by atoms with Gasteiger partial charge in [0, 0.05) is 12.3 Å². The Bertz CT molecular complexity index is 677. The highest BCUT2D eigenvalue weighted by atomic mass is 16.4. The first-order valence-electron chi connectivity index (χ1n) is 7.94. The Morgan fingerprint density at radius 3 is 2.46 bits per heavy atom. The summed E-state index contributed by atoms with van der Waals surface area (Å²) in [7, 11) is 0. The van der Waals surface area contributed by atoms with E-state index in [4.69, 9.17) is 10.8 Å². The Morgan fingerprint density at radius 1 is 1.25 bits per heavy atom. The summed E-state index contributed by atoms with van der Waals surface area (Å²) >= 11 is 0. The average molecular weight is 332 g/mol. The zero-order chi connectivity index (χ0) is 17.5. The van der Waals surface area contributed by atoms with Crippen LogP contribution in [-0.2, 0) is 20.8 Å². The van der Waals surface area contributed by atoms with E-state index < -0.39 is 41.3 Å². The molecule has 2 aliphatic carbocycles. The number of carbonyl (C=O) groups excluding carboxylic acids is 1. The molecule has 1 aromatic carbocycles. The van der Waals surface area contributed by atoms with Crippen LogP contribution < -0.4 is 11.1 Å². The Hall–Kier alpha value is -2.41. The van der Waals surface area contributed by atoms with Gasteiger partial charge in [-0.1, -0.05) is 30.3 Å². The topological polar surface area (TPSA) is 130 Å². The molecule has 0 radical (unpaired) electrons. The number of fused-ring (bicyclic) bond motifs is 1. The van der Waals surface area contributed by atoms with Crippen molar-refractivity contribution in [3.05, 3.63) is 35.9 Å². The number of carboxylic acid groups (broad SMARTS) is 2. The number of rotatable bonds is 6. The molecule has 128 valence electrons. The minimum absolute atomic E-state index is 0.0735. The molecule has 0 heterocycles. The average Bonchev–Trinajstić information content (AvgIpc) is 3.19. The summed E-state index contributed by atoms with van der Waals surface area (Å²) < 4.78 is 0. The largest absolute Gasteiger partial charge is 0.481 e. The van der Waals surface area contributed by atoms with Gasteiger partial charge in [-0.15, -0.1) is 0 Å². The summed E-state index contributed by atoms with van der Waals surface area (Å²) in [6.07, 6.45) is 1.12. The number of carbonyl (C=O) groups is 3. The Kier molecular flexibility index (Phi) is 4.04. The van der Waals surface area contributed by atoms with Crippen molar-refractivity contribution in [1.29, 1.82) is 0 Å². The molecular weight excluding hydrogens is 312 g/mol. The van der Waals surface area contributed by atoms with Gasteiger partial charge < -0.3 is 21.3 Å². The second-order valence-corrected chi connectivity index (χ2v) is 6.69. The quantitative estimate of drug-likeness (QED) is 0.590. The number of carboxylic acids is 2. The number of benzene rings is 1. The predicted molar refractivity (Wildman–Crippen MR) is 84.0 cm³/mol. The van der Waals surface area contributed by atoms with Crippen molar-refractivity contribution in [2.75, 3.05) is 0 Å².